The van der Waals surface area contributed by atoms with Crippen molar-refractivity contribution in [1.82, 2.24) is 9.80 Å². The molecule has 3 nitrogen and oxygen atoms in total. The van der Waals surface area contributed by atoms with Gasteiger partial charge in [-0.15, -0.1) is 0 Å². The van der Waals surface area contributed by atoms with Crippen molar-refractivity contribution in [3.8, 4) is 5.75 Å². The molecule has 2 rings (SSSR count). The lowest BCUT2D eigenvalue weighted by Crippen LogP contribution is -2.36. The van der Waals surface area contributed by atoms with E-state index in [2.05, 4.69) is 42.0 Å². The molecular formula is C15H24N2O. The van der Waals surface area contributed by atoms with Crippen molar-refractivity contribution in [3.05, 3.63) is 29.3 Å². The van der Waals surface area contributed by atoms with Crippen molar-refractivity contribution in [2.45, 2.75) is 19.9 Å². The second-order valence-electron chi connectivity index (χ2n) is 5.02. The van der Waals surface area contributed by atoms with Gasteiger partial charge in [-0.1, -0.05) is 19.1 Å². The summed E-state index contributed by atoms with van der Waals surface area (Å²) in [6, 6.07) is 6.39. The van der Waals surface area contributed by atoms with Gasteiger partial charge in [-0.25, -0.2) is 0 Å². The van der Waals surface area contributed by atoms with Gasteiger partial charge in [0.1, 0.15) is 5.75 Å². The molecule has 1 aliphatic rings. The van der Waals surface area contributed by atoms with E-state index < -0.39 is 0 Å². The highest BCUT2D eigenvalue weighted by atomic mass is 16.5. The van der Waals surface area contributed by atoms with Gasteiger partial charge in [0.15, 0.2) is 0 Å². The maximum atomic E-state index is 5.47. The standard InChI is InChI=1S/C15H24N2O/c1-4-16(2)10-11-17-9-8-13-6-5-7-15(18-3)14(13)12-17/h5-7H,4,8-12H2,1-3H3. The zero-order chi connectivity index (χ0) is 13.0. The lowest BCUT2D eigenvalue weighted by atomic mass is 9.99. The minimum atomic E-state index is 1.02. The van der Waals surface area contributed by atoms with Gasteiger partial charge in [-0.2, -0.15) is 0 Å². The number of hydrogen-bond donors (Lipinski definition) is 0. The SMILES string of the molecule is CCN(C)CCN1CCc2cccc(OC)c2C1. The Kier molecular flexibility index (Phi) is 4.61. The molecule has 1 heterocycles. The Balaban J connectivity index is 2.00. The topological polar surface area (TPSA) is 15.7 Å². The molecule has 0 atom stereocenters. The minimum Gasteiger partial charge on any atom is -0.496 e. The second-order valence-corrected chi connectivity index (χ2v) is 5.02. The van der Waals surface area contributed by atoms with Crippen LogP contribution in [-0.4, -0.2) is 50.1 Å². The van der Waals surface area contributed by atoms with Crippen LogP contribution in [0.2, 0.25) is 0 Å². The van der Waals surface area contributed by atoms with E-state index >= 15 is 0 Å². The Hall–Kier alpha value is -1.06. The molecule has 0 amide bonds. The number of likely N-dealkylation sites (N-methyl/N-ethyl adjacent to an activating group) is 1. The Morgan fingerprint density at radius 3 is 2.94 bits per heavy atom. The first-order valence-corrected chi connectivity index (χ1v) is 6.80. The summed E-state index contributed by atoms with van der Waals surface area (Å²) in [7, 11) is 3.94. The Bertz CT molecular complexity index is 378. The van der Waals surface area contributed by atoms with Crippen molar-refractivity contribution in [2.75, 3.05) is 40.3 Å². The summed E-state index contributed by atoms with van der Waals surface area (Å²) in [5.74, 6) is 1.04. The maximum absolute atomic E-state index is 5.47. The molecule has 0 saturated carbocycles. The number of fused-ring (bicyclic) bond motifs is 1. The molecule has 100 valence electrons. The molecule has 0 spiro atoms. The van der Waals surface area contributed by atoms with Gasteiger partial charge in [-0.05, 0) is 31.6 Å². The average Bonchev–Trinajstić information content (AvgIpc) is 2.43. The third-order valence-electron chi connectivity index (χ3n) is 3.87. The first kappa shape index (κ1) is 13.4. The Labute approximate surface area is 110 Å². The highest BCUT2D eigenvalue weighted by Crippen LogP contribution is 2.27. The summed E-state index contributed by atoms with van der Waals surface area (Å²) in [5.41, 5.74) is 2.83. The maximum Gasteiger partial charge on any atom is 0.123 e. The molecule has 1 aliphatic heterocycles. The summed E-state index contributed by atoms with van der Waals surface area (Å²) in [5, 5.41) is 0. The zero-order valence-electron chi connectivity index (χ0n) is 11.8. The first-order chi connectivity index (χ1) is 8.74. The van der Waals surface area contributed by atoms with Gasteiger partial charge in [0, 0.05) is 31.7 Å². The smallest absolute Gasteiger partial charge is 0.123 e. The largest absolute Gasteiger partial charge is 0.496 e. The summed E-state index contributed by atoms with van der Waals surface area (Å²) in [4.78, 5) is 4.88. The van der Waals surface area contributed by atoms with E-state index in [4.69, 9.17) is 4.74 Å². The predicted molar refractivity (Wildman–Crippen MR) is 75.1 cm³/mol. The van der Waals surface area contributed by atoms with Crippen LogP contribution >= 0.6 is 0 Å². The van der Waals surface area contributed by atoms with Crippen molar-refractivity contribution in [1.29, 1.82) is 0 Å². The van der Waals surface area contributed by atoms with E-state index in [1.54, 1.807) is 7.11 Å². The highest BCUT2D eigenvalue weighted by Gasteiger charge is 2.19. The molecule has 0 unspecified atom stereocenters. The van der Waals surface area contributed by atoms with Crippen LogP contribution in [0.5, 0.6) is 5.75 Å². The van der Waals surface area contributed by atoms with Crippen molar-refractivity contribution in [3.63, 3.8) is 0 Å². The average molecular weight is 248 g/mol. The number of rotatable bonds is 5. The van der Waals surface area contributed by atoms with Gasteiger partial charge in [-0.3, -0.25) is 4.90 Å². The number of nitrogens with zero attached hydrogens (tertiary/aromatic N) is 2. The van der Waals surface area contributed by atoms with Crippen LogP contribution < -0.4 is 4.74 Å². The van der Waals surface area contributed by atoms with E-state index in [0.29, 0.717) is 0 Å². The lowest BCUT2D eigenvalue weighted by molar-refractivity contribution is 0.212. The molecule has 1 aromatic carbocycles. The third kappa shape index (κ3) is 3.03. The van der Waals surface area contributed by atoms with Gasteiger partial charge >= 0.3 is 0 Å². The van der Waals surface area contributed by atoms with Gasteiger partial charge in [0.05, 0.1) is 7.11 Å². The summed E-state index contributed by atoms with van der Waals surface area (Å²) < 4.78 is 5.47. The minimum absolute atomic E-state index is 1.02. The molecule has 0 aromatic heterocycles. The number of hydrogen-bond acceptors (Lipinski definition) is 3. The normalized spacial score (nSPS) is 15.8. The lowest BCUT2D eigenvalue weighted by Gasteiger charge is -2.31. The molecular weight excluding hydrogens is 224 g/mol. The van der Waals surface area contributed by atoms with E-state index in [-0.39, 0.29) is 0 Å². The first-order valence-electron chi connectivity index (χ1n) is 6.80. The van der Waals surface area contributed by atoms with Crippen LogP contribution in [0.15, 0.2) is 18.2 Å². The zero-order valence-corrected chi connectivity index (χ0v) is 11.8. The summed E-state index contributed by atoms with van der Waals surface area (Å²) in [6.45, 7) is 7.79. The van der Waals surface area contributed by atoms with Crippen LogP contribution in [0.1, 0.15) is 18.1 Å². The molecule has 0 radical (unpaired) electrons. The Morgan fingerprint density at radius 2 is 2.22 bits per heavy atom. The fourth-order valence-electron chi connectivity index (χ4n) is 2.46. The van der Waals surface area contributed by atoms with Gasteiger partial charge in [0.2, 0.25) is 0 Å². The highest BCUT2D eigenvalue weighted by molar-refractivity contribution is 5.41. The summed E-state index contributed by atoms with van der Waals surface area (Å²) >= 11 is 0. The summed E-state index contributed by atoms with van der Waals surface area (Å²) in [6.07, 6.45) is 1.14. The van der Waals surface area contributed by atoms with Crippen molar-refractivity contribution in [2.24, 2.45) is 0 Å². The molecule has 1 aromatic rings. The fourth-order valence-corrected chi connectivity index (χ4v) is 2.46. The Morgan fingerprint density at radius 1 is 1.39 bits per heavy atom. The number of benzene rings is 1. The fraction of sp³-hybridized carbons (Fsp3) is 0.600. The van der Waals surface area contributed by atoms with Crippen LogP contribution in [0.3, 0.4) is 0 Å². The molecule has 0 fully saturated rings. The second kappa shape index (κ2) is 6.21. The van der Waals surface area contributed by atoms with Crippen molar-refractivity contribution >= 4 is 0 Å². The number of methoxy groups -OCH3 is 1. The monoisotopic (exact) mass is 248 g/mol. The molecule has 0 bridgehead atoms. The van der Waals surface area contributed by atoms with Crippen molar-refractivity contribution < 1.29 is 4.74 Å². The van der Waals surface area contributed by atoms with Crippen LogP contribution in [0.4, 0.5) is 0 Å². The molecule has 0 saturated heterocycles. The van der Waals surface area contributed by atoms with Crippen LogP contribution in [-0.2, 0) is 13.0 Å². The van der Waals surface area contributed by atoms with E-state index in [9.17, 15) is 0 Å². The number of ether oxygens (including phenoxy) is 1. The molecule has 0 N–H and O–H groups in total. The van der Waals surface area contributed by atoms with Crippen LogP contribution in [0, 0.1) is 0 Å². The van der Waals surface area contributed by atoms with Crippen LogP contribution in [0.25, 0.3) is 0 Å². The molecule has 18 heavy (non-hydrogen) atoms. The quantitative estimate of drug-likeness (QED) is 0.793. The predicted octanol–water partition coefficient (Wildman–Crippen LogP) is 2.00. The van der Waals surface area contributed by atoms with Gasteiger partial charge < -0.3 is 9.64 Å². The van der Waals surface area contributed by atoms with E-state index in [0.717, 1.165) is 44.9 Å². The van der Waals surface area contributed by atoms with Gasteiger partial charge in [0.25, 0.3) is 0 Å². The van der Waals surface area contributed by atoms with E-state index in [1.807, 2.05) is 0 Å². The molecule has 0 aliphatic carbocycles. The third-order valence-corrected chi connectivity index (χ3v) is 3.87. The molecule has 3 heteroatoms. The van der Waals surface area contributed by atoms with E-state index in [1.165, 1.54) is 11.1 Å².